The van der Waals surface area contributed by atoms with Crippen LogP contribution in [0.1, 0.15) is 44.2 Å². The number of aromatic nitrogens is 3. The van der Waals surface area contributed by atoms with Crippen LogP contribution in [0.15, 0.2) is 36.7 Å². The molecule has 2 aromatic rings. The van der Waals surface area contributed by atoms with Gasteiger partial charge in [-0.1, -0.05) is 18.9 Å². The van der Waals surface area contributed by atoms with E-state index in [9.17, 15) is 0 Å². The van der Waals surface area contributed by atoms with E-state index < -0.39 is 0 Å². The zero-order chi connectivity index (χ0) is 18.3. The van der Waals surface area contributed by atoms with Gasteiger partial charge in [0.2, 0.25) is 5.95 Å². The number of likely N-dealkylation sites (tertiary alicyclic amines) is 1. The molecule has 4 rings (SSSR count). The van der Waals surface area contributed by atoms with Gasteiger partial charge in [0.05, 0.1) is 5.69 Å². The van der Waals surface area contributed by atoms with Gasteiger partial charge in [-0.3, -0.25) is 9.88 Å². The van der Waals surface area contributed by atoms with E-state index in [0.717, 1.165) is 56.6 Å². The van der Waals surface area contributed by atoms with Crippen molar-refractivity contribution in [3.63, 3.8) is 0 Å². The molecule has 144 valence electrons. The van der Waals surface area contributed by atoms with E-state index in [1.54, 1.807) is 0 Å². The normalized spacial score (nSPS) is 21.6. The summed E-state index contributed by atoms with van der Waals surface area (Å²) in [5.74, 6) is 1.83. The average Bonchev–Trinajstić information content (AvgIpc) is 2.99. The van der Waals surface area contributed by atoms with Crippen LogP contribution in [0.25, 0.3) is 0 Å². The van der Waals surface area contributed by atoms with Gasteiger partial charge in [-0.25, -0.2) is 4.98 Å². The third-order valence-corrected chi connectivity index (χ3v) is 5.52. The number of pyridine rings is 1. The second-order valence-corrected chi connectivity index (χ2v) is 7.68. The predicted octanol–water partition coefficient (Wildman–Crippen LogP) is 3.33. The monoisotopic (exact) mass is 366 g/mol. The lowest BCUT2D eigenvalue weighted by atomic mass is 10.1. The highest BCUT2D eigenvalue weighted by atomic mass is 15.2. The summed E-state index contributed by atoms with van der Waals surface area (Å²) < 4.78 is 0. The number of hydrogen-bond acceptors (Lipinski definition) is 6. The van der Waals surface area contributed by atoms with Gasteiger partial charge in [-0.2, -0.15) is 4.98 Å². The van der Waals surface area contributed by atoms with Crippen molar-refractivity contribution in [2.45, 2.75) is 51.1 Å². The van der Waals surface area contributed by atoms with Crippen molar-refractivity contribution in [3.8, 4) is 0 Å². The number of nitrogens with one attached hydrogen (secondary N) is 1. The van der Waals surface area contributed by atoms with Crippen molar-refractivity contribution in [2.24, 2.45) is 0 Å². The Kier molecular flexibility index (Phi) is 6.14. The summed E-state index contributed by atoms with van der Waals surface area (Å²) in [5.41, 5.74) is 1.14. The zero-order valence-corrected chi connectivity index (χ0v) is 16.1. The van der Waals surface area contributed by atoms with Crippen molar-refractivity contribution in [1.82, 2.24) is 19.9 Å². The molecule has 2 aliphatic heterocycles. The van der Waals surface area contributed by atoms with E-state index in [2.05, 4.69) is 37.2 Å². The van der Waals surface area contributed by atoms with Crippen LogP contribution in [0, 0.1) is 0 Å². The van der Waals surface area contributed by atoms with Crippen LogP contribution in [-0.2, 0) is 6.54 Å². The molecule has 0 aromatic carbocycles. The van der Waals surface area contributed by atoms with Crippen LogP contribution in [0.5, 0.6) is 0 Å². The molecule has 1 N–H and O–H groups in total. The number of nitrogens with zero attached hydrogens (tertiary/aromatic N) is 5. The number of piperidine rings is 1. The topological polar surface area (TPSA) is 57.2 Å². The highest BCUT2D eigenvalue weighted by Crippen LogP contribution is 2.20. The Morgan fingerprint density at radius 1 is 0.926 bits per heavy atom. The number of hydrogen-bond donors (Lipinski definition) is 1. The minimum absolute atomic E-state index is 0.391. The minimum Gasteiger partial charge on any atom is -0.356 e. The Bertz CT molecular complexity index is 699. The SMILES string of the molecule is c1ccc(CN2CCC[C@H](Nc3nccc(N4CCCCCC4)n3)C2)nc1. The molecule has 2 aromatic heterocycles. The first-order valence-electron chi connectivity index (χ1n) is 10.3. The fourth-order valence-electron chi connectivity index (χ4n) is 4.11. The third-order valence-electron chi connectivity index (χ3n) is 5.52. The molecular weight excluding hydrogens is 336 g/mol. The van der Waals surface area contributed by atoms with Gasteiger partial charge >= 0.3 is 0 Å². The molecule has 2 fully saturated rings. The van der Waals surface area contributed by atoms with Crippen molar-refractivity contribution < 1.29 is 0 Å². The van der Waals surface area contributed by atoms with Crippen LogP contribution in [0.2, 0.25) is 0 Å². The first kappa shape index (κ1) is 18.2. The first-order chi connectivity index (χ1) is 13.4. The van der Waals surface area contributed by atoms with Crippen molar-refractivity contribution >= 4 is 11.8 Å². The molecular formula is C21H30N6. The molecule has 0 radical (unpaired) electrons. The maximum Gasteiger partial charge on any atom is 0.224 e. The molecule has 0 saturated carbocycles. The molecule has 0 bridgehead atoms. The van der Waals surface area contributed by atoms with E-state index in [0.29, 0.717) is 6.04 Å². The molecule has 4 heterocycles. The lowest BCUT2D eigenvalue weighted by molar-refractivity contribution is 0.206. The van der Waals surface area contributed by atoms with E-state index in [4.69, 9.17) is 4.98 Å². The lowest BCUT2D eigenvalue weighted by Gasteiger charge is -2.33. The quantitative estimate of drug-likeness (QED) is 0.876. The maximum atomic E-state index is 4.81. The molecule has 2 saturated heterocycles. The lowest BCUT2D eigenvalue weighted by Crippen LogP contribution is -2.42. The van der Waals surface area contributed by atoms with Gasteiger partial charge in [0.1, 0.15) is 5.82 Å². The zero-order valence-electron chi connectivity index (χ0n) is 16.1. The number of rotatable bonds is 5. The number of anilines is 2. The Balaban J connectivity index is 1.36. The Morgan fingerprint density at radius 2 is 1.81 bits per heavy atom. The van der Waals surface area contributed by atoms with E-state index in [1.807, 2.05) is 24.5 Å². The van der Waals surface area contributed by atoms with Crippen LogP contribution in [0.4, 0.5) is 11.8 Å². The van der Waals surface area contributed by atoms with Crippen LogP contribution < -0.4 is 10.2 Å². The molecule has 0 amide bonds. The van der Waals surface area contributed by atoms with Crippen LogP contribution in [0.3, 0.4) is 0 Å². The van der Waals surface area contributed by atoms with Gasteiger partial charge in [0.25, 0.3) is 0 Å². The molecule has 2 aliphatic rings. The van der Waals surface area contributed by atoms with Gasteiger partial charge in [0, 0.05) is 44.6 Å². The molecule has 0 aliphatic carbocycles. The smallest absolute Gasteiger partial charge is 0.224 e. The summed E-state index contributed by atoms with van der Waals surface area (Å²) >= 11 is 0. The molecule has 0 unspecified atom stereocenters. The first-order valence-corrected chi connectivity index (χ1v) is 10.3. The van der Waals surface area contributed by atoms with Gasteiger partial charge < -0.3 is 10.2 Å². The largest absolute Gasteiger partial charge is 0.356 e. The Hall–Kier alpha value is -2.21. The van der Waals surface area contributed by atoms with E-state index in [1.165, 1.54) is 32.1 Å². The molecule has 6 nitrogen and oxygen atoms in total. The fraction of sp³-hybridized carbons (Fsp3) is 0.571. The Labute approximate surface area is 162 Å². The predicted molar refractivity (Wildman–Crippen MR) is 109 cm³/mol. The Morgan fingerprint density at radius 3 is 2.63 bits per heavy atom. The van der Waals surface area contributed by atoms with Gasteiger partial charge in [0.15, 0.2) is 0 Å². The molecule has 0 spiro atoms. The standard InChI is InChI=1S/C21H30N6/c1-2-6-15-27(14-5-1)20-10-12-23-21(25-20)24-19-9-7-13-26(17-19)16-18-8-3-4-11-22-18/h3-4,8,10-12,19H,1-2,5-7,9,13-17H2,(H,23,24,25)/t19-/m0/s1. The minimum atomic E-state index is 0.391. The summed E-state index contributed by atoms with van der Waals surface area (Å²) in [6, 6.07) is 8.57. The summed E-state index contributed by atoms with van der Waals surface area (Å²) in [6.45, 7) is 5.26. The maximum absolute atomic E-state index is 4.81. The van der Waals surface area contributed by atoms with Crippen LogP contribution >= 0.6 is 0 Å². The summed E-state index contributed by atoms with van der Waals surface area (Å²) in [4.78, 5) is 18.6. The average molecular weight is 367 g/mol. The van der Waals surface area contributed by atoms with E-state index in [-0.39, 0.29) is 0 Å². The molecule has 27 heavy (non-hydrogen) atoms. The summed E-state index contributed by atoms with van der Waals surface area (Å²) in [7, 11) is 0. The summed E-state index contributed by atoms with van der Waals surface area (Å²) in [5, 5.41) is 3.58. The molecule has 6 heteroatoms. The van der Waals surface area contributed by atoms with Gasteiger partial charge in [-0.15, -0.1) is 0 Å². The molecule has 1 atom stereocenters. The highest BCUT2D eigenvalue weighted by Gasteiger charge is 2.21. The second kappa shape index (κ2) is 9.13. The highest BCUT2D eigenvalue weighted by molar-refractivity contribution is 5.43. The van der Waals surface area contributed by atoms with Crippen molar-refractivity contribution in [1.29, 1.82) is 0 Å². The van der Waals surface area contributed by atoms with Crippen molar-refractivity contribution in [3.05, 3.63) is 42.4 Å². The van der Waals surface area contributed by atoms with E-state index >= 15 is 0 Å². The van der Waals surface area contributed by atoms with Crippen LogP contribution in [-0.4, -0.2) is 52.1 Å². The van der Waals surface area contributed by atoms with Crippen molar-refractivity contribution in [2.75, 3.05) is 36.4 Å². The second-order valence-electron chi connectivity index (χ2n) is 7.68. The fourth-order valence-corrected chi connectivity index (χ4v) is 4.11. The summed E-state index contributed by atoms with van der Waals surface area (Å²) in [6.07, 6.45) is 11.3. The third kappa shape index (κ3) is 5.16. The van der Waals surface area contributed by atoms with Gasteiger partial charge in [-0.05, 0) is 50.4 Å².